The number of carbonyl (C=O) groups is 2. The van der Waals surface area contributed by atoms with Gasteiger partial charge in [0.25, 0.3) is 0 Å². The number of nitrogens with zero attached hydrogens (tertiary/aromatic N) is 1. The highest BCUT2D eigenvalue weighted by molar-refractivity contribution is 6.30. The molecular weight excluding hydrogens is 447 g/mol. The van der Waals surface area contributed by atoms with Gasteiger partial charge in [0.2, 0.25) is 5.91 Å². The number of carboxylic acids is 1. The summed E-state index contributed by atoms with van der Waals surface area (Å²) in [6.45, 7) is 5.53. The van der Waals surface area contributed by atoms with Crippen molar-refractivity contribution >= 4 is 35.1 Å². The van der Waals surface area contributed by atoms with Crippen molar-refractivity contribution in [2.75, 3.05) is 13.1 Å². The first-order valence-electron chi connectivity index (χ1n) is 11.1. The molecule has 5 nitrogen and oxygen atoms in total. The molecular formula is C25H30Cl2N2O3. The molecule has 1 heterocycles. The molecule has 2 N–H and O–H groups in total. The number of carboxylic acid groups (broad SMARTS) is 1. The van der Waals surface area contributed by atoms with E-state index in [4.69, 9.17) is 23.2 Å². The molecule has 172 valence electrons. The molecule has 1 saturated heterocycles. The van der Waals surface area contributed by atoms with Crippen molar-refractivity contribution in [3.05, 3.63) is 69.7 Å². The highest BCUT2D eigenvalue weighted by Crippen LogP contribution is 2.47. The van der Waals surface area contributed by atoms with Gasteiger partial charge in [-0.3, -0.25) is 9.59 Å². The number of halogens is 2. The Labute approximate surface area is 199 Å². The maximum atomic E-state index is 13.7. The minimum Gasteiger partial charge on any atom is -0.481 e. The molecule has 32 heavy (non-hydrogen) atoms. The van der Waals surface area contributed by atoms with E-state index in [0.717, 1.165) is 24.1 Å². The molecule has 7 heteroatoms. The number of likely N-dealkylation sites (N-methyl/N-ethyl adjacent to an activating group) is 1. The van der Waals surface area contributed by atoms with E-state index < -0.39 is 11.9 Å². The number of carbonyl (C=O) groups excluding carboxylic acids is 1. The molecule has 0 aromatic heterocycles. The molecule has 1 amide bonds. The second-order valence-electron chi connectivity index (χ2n) is 8.30. The van der Waals surface area contributed by atoms with E-state index in [2.05, 4.69) is 12.2 Å². The quantitative estimate of drug-likeness (QED) is 0.498. The third kappa shape index (κ3) is 5.64. The Balaban J connectivity index is 2.15. The lowest BCUT2D eigenvalue weighted by Crippen LogP contribution is -2.54. The van der Waals surface area contributed by atoms with Gasteiger partial charge in [-0.15, -0.1) is 0 Å². The first kappa shape index (κ1) is 24.6. The Kier molecular flexibility index (Phi) is 8.57. The van der Waals surface area contributed by atoms with Crippen LogP contribution in [0.3, 0.4) is 0 Å². The van der Waals surface area contributed by atoms with E-state index >= 15 is 0 Å². The summed E-state index contributed by atoms with van der Waals surface area (Å²) in [6, 6.07) is 14.9. The summed E-state index contributed by atoms with van der Waals surface area (Å²) < 4.78 is 0. The third-order valence-corrected chi connectivity index (χ3v) is 6.71. The highest BCUT2D eigenvalue weighted by atomic mass is 35.5. The Hall–Kier alpha value is -2.08. The van der Waals surface area contributed by atoms with E-state index in [1.54, 1.807) is 0 Å². The van der Waals surface area contributed by atoms with Crippen LogP contribution < -0.4 is 5.32 Å². The van der Waals surface area contributed by atoms with E-state index in [0.29, 0.717) is 23.0 Å². The number of benzene rings is 2. The van der Waals surface area contributed by atoms with Crippen LogP contribution in [0.1, 0.15) is 56.2 Å². The Morgan fingerprint density at radius 2 is 1.84 bits per heavy atom. The van der Waals surface area contributed by atoms with Crippen molar-refractivity contribution in [2.45, 2.75) is 51.1 Å². The monoisotopic (exact) mass is 476 g/mol. The van der Waals surface area contributed by atoms with Gasteiger partial charge in [-0.05, 0) is 54.8 Å². The number of piperidine rings is 1. The van der Waals surface area contributed by atoms with Gasteiger partial charge >= 0.3 is 5.97 Å². The molecule has 0 saturated carbocycles. The fourth-order valence-corrected chi connectivity index (χ4v) is 5.05. The summed E-state index contributed by atoms with van der Waals surface area (Å²) in [5.74, 6) is -1.74. The van der Waals surface area contributed by atoms with Crippen LogP contribution in [0, 0.1) is 5.92 Å². The zero-order valence-electron chi connectivity index (χ0n) is 18.4. The smallest absolute Gasteiger partial charge is 0.304 e. The van der Waals surface area contributed by atoms with Gasteiger partial charge < -0.3 is 15.3 Å². The van der Waals surface area contributed by atoms with E-state index in [-0.39, 0.29) is 30.3 Å². The zero-order valence-corrected chi connectivity index (χ0v) is 19.9. The summed E-state index contributed by atoms with van der Waals surface area (Å²) in [5.41, 5.74) is 1.99. The second kappa shape index (κ2) is 11.2. The molecule has 0 radical (unpaired) electrons. The van der Waals surface area contributed by atoms with Gasteiger partial charge in [-0.25, -0.2) is 0 Å². The second-order valence-corrected chi connectivity index (χ2v) is 9.18. The number of aliphatic carboxylic acids is 1. The fourth-order valence-electron chi connectivity index (χ4n) is 4.73. The van der Waals surface area contributed by atoms with Crippen LogP contribution in [0.25, 0.3) is 0 Å². The number of hydrogen-bond acceptors (Lipinski definition) is 3. The molecule has 1 aliphatic heterocycles. The lowest BCUT2D eigenvalue weighted by Gasteiger charge is -2.48. The number of hydrogen-bond donors (Lipinski definition) is 2. The maximum Gasteiger partial charge on any atom is 0.304 e. The van der Waals surface area contributed by atoms with Crippen molar-refractivity contribution in [1.82, 2.24) is 10.2 Å². The van der Waals surface area contributed by atoms with Crippen LogP contribution >= 0.6 is 23.2 Å². The molecule has 1 fully saturated rings. The van der Waals surface area contributed by atoms with Crippen LogP contribution in [0.4, 0.5) is 0 Å². The molecule has 1 aliphatic rings. The van der Waals surface area contributed by atoms with Crippen molar-refractivity contribution in [3.63, 3.8) is 0 Å². The first-order valence-corrected chi connectivity index (χ1v) is 11.9. The summed E-state index contributed by atoms with van der Waals surface area (Å²) in [4.78, 5) is 27.2. The van der Waals surface area contributed by atoms with E-state index in [1.165, 1.54) is 0 Å². The van der Waals surface area contributed by atoms with Gasteiger partial charge in [0.05, 0.1) is 12.5 Å². The molecule has 4 atom stereocenters. The number of likely N-dealkylation sites (tertiary alicyclic amines) is 1. The SMILES string of the molecule is CCNCC(CC)N1C(=O)C(CC(=O)O)C[C@H](c2cccc(Cl)c2)[C@H]1c1ccc(Cl)cc1. The van der Waals surface area contributed by atoms with E-state index in [9.17, 15) is 14.7 Å². The van der Waals surface area contributed by atoms with Gasteiger partial charge in [-0.1, -0.05) is 61.3 Å². The minimum absolute atomic E-state index is 0.0681. The van der Waals surface area contributed by atoms with Gasteiger partial charge in [0.15, 0.2) is 0 Å². The summed E-state index contributed by atoms with van der Waals surface area (Å²) in [6.07, 6.45) is 1.02. The first-order chi connectivity index (χ1) is 15.3. The summed E-state index contributed by atoms with van der Waals surface area (Å²) >= 11 is 12.5. The van der Waals surface area contributed by atoms with Crippen molar-refractivity contribution in [3.8, 4) is 0 Å². The normalized spacial score (nSPS) is 22.1. The van der Waals surface area contributed by atoms with Crippen molar-refractivity contribution in [2.24, 2.45) is 5.92 Å². The number of rotatable bonds is 9. The molecule has 2 aromatic carbocycles. The predicted octanol–water partition coefficient (Wildman–Crippen LogP) is 5.53. The predicted molar refractivity (Wildman–Crippen MR) is 128 cm³/mol. The van der Waals surface area contributed by atoms with Crippen LogP contribution in [-0.4, -0.2) is 41.0 Å². The molecule has 2 unspecified atom stereocenters. The standard InChI is InChI=1S/C25H30Cl2N2O3/c1-3-21(15-28-4-2)29-24(16-8-10-19(26)11-9-16)22(17-6-5-7-20(27)12-17)13-18(25(29)32)14-23(30)31/h5-12,18,21-22,24,28H,3-4,13-15H2,1-2H3,(H,30,31)/t18?,21?,22-,24-/m1/s1. The minimum atomic E-state index is -0.960. The maximum absolute atomic E-state index is 13.7. The Morgan fingerprint density at radius 3 is 2.44 bits per heavy atom. The van der Waals surface area contributed by atoms with Crippen molar-refractivity contribution < 1.29 is 14.7 Å². The lowest BCUT2D eigenvalue weighted by atomic mass is 9.74. The van der Waals surface area contributed by atoms with Crippen LogP contribution in [0.2, 0.25) is 10.0 Å². The number of amides is 1. The van der Waals surface area contributed by atoms with Gasteiger partial charge in [-0.2, -0.15) is 0 Å². The van der Waals surface area contributed by atoms with Gasteiger partial charge in [0, 0.05) is 34.5 Å². The average molecular weight is 477 g/mol. The lowest BCUT2D eigenvalue weighted by molar-refractivity contribution is -0.152. The zero-order chi connectivity index (χ0) is 23.3. The topological polar surface area (TPSA) is 69.6 Å². The largest absolute Gasteiger partial charge is 0.481 e. The van der Waals surface area contributed by atoms with Crippen molar-refractivity contribution in [1.29, 1.82) is 0 Å². The Morgan fingerprint density at radius 1 is 1.12 bits per heavy atom. The number of nitrogens with one attached hydrogen (secondary N) is 1. The summed E-state index contributed by atoms with van der Waals surface area (Å²) in [5, 5.41) is 14.1. The fraction of sp³-hybridized carbons (Fsp3) is 0.440. The summed E-state index contributed by atoms with van der Waals surface area (Å²) in [7, 11) is 0. The van der Waals surface area contributed by atoms with Crippen LogP contribution in [0.5, 0.6) is 0 Å². The Bertz CT molecular complexity index is 935. The molecule has 3 rings (SSSR count). The van der Waals surface area contributed by atoms with E-state index in [1.807, 2.05) is 60.4 Å². The molecule has 0 spiro atoms. The van der Waals surface area contributed by atoms with Crippen LogP contribution in [0.15, 0.2) is 48.5 Å². The molecule has 0 bridgehead atoms. The van der Waals surface area contributed by atoms with Crippen LogP contribution in [-0.2, 0) is 9.59 Å². The highest BCUT2D eigenvalue weighted by Gasteiger charge is 2.45. The van der Waals surface area contributed by atoms with Gasteiger partial charge in [0.1, 0.15) is 0 Å². The molecule has 0 aliphatic carbocycles. The molecule has 2 aromatic rings. The third-order valence-electron chi connectivity index (χ3n) is 6.23. The average Bonchev–Trinajstić information content (AvgIpc) is 2.76.